The van der Waals surface area contributed by atoms with Crippen molar-refractivity contribution >= 4 is 92.2 Å². The van der Waals surface area contributed by atoms with Gasteiger partial charge in [-0.15, -0.1) is 11.3 Å². The summed E-state index contributed by atoms with van der Waals surface area (Å²) in [6.45, 7) is 4.34. The Labute approximate surface area is 321 Å². The standard InChI is InChI=1S/C50H33N3OS/c1-30-15-20-43-38(25-30)39-26-31(2)16-21-44(39)52(43)34-18-23-46-48(29-34)54-47-28-33(51-41-12-6-3-9-35(41)36-10-4-7-13-42(36)51)17-22-45(47)53(46)32-19-24-50-40(27-32)37-11-5-8-14-49(37)55-50/h3-29H,1-2H3. The fourth-order valence-electron chi connectivity index (χ4n) is 8.93. The molecule has 12 rings (SSSR count). The Balaban J connectivity index is 1.09. The molecule has 0 aliphatic carbocycles. The highest BCUT2D eigenvalue weighted by atomic mass is 32.1. The lowest BCUT2D eigenvalue weighted by Gasteiger charge is -2.33. The molecule has 55 heavy (non-hydrogen) atoms. The lowest BCUT2D eigenvalue weighted by molar-refractivity contribution is 0.476. The highest BCUT2D eigenvalue weighted by Crippen LogP contribution is 2.53. The Bertz CT molecular complexity index is 3290. The SMILES string of the molecule is Cc1ccc2c(c1)c1cc(C)ccc1n2-c1ccc2c(c1)Oc1cc(-n3c4ccccc4c4ccccc43)ccc1N2c1ccc2sc3ccccc3c2c1. The van der Waals surface area contributed by atoms with Crippen molar-refractivity contribution in [1.29, 1.82) is 0 Å². The number of hydrogen-bond acceptors (Lipinski definition) is 3. The molecule has 0 N–H and O–H groups in total. The van der Waals surface area contributed by atoms with E-state index in [1.54, 1.807) is 0 Å². The van der Waals surface area contributed by atoms with Crippen molar-refractivity contribution in [1.82, 2.24) is 9.13 Å². The molecule has 0 saturated heterocycles. The summed E-state index contributed by atoms with van der Waals surface area (Å²) in [5, 5.41) is 7.55. The van der Waals surface area contributed by atoms with E-state index in [1.165, 1.54) is 74.9 Å². The molecule has 5 heteroatoms. The predicted octanol–water partition coefficient (Wildman–Crippen LogP) is 14.4. The van der Waals surface area contributed by atoms with Crippen LogP contribution in [0, 0.1) is 13.8 Å². The number of para-hydroxylation sites is 2. The minimum Gasteiger partial charge on any atom is -0.453 e. The van der Waals surface area contributed by atoms with E-state index < -0.39 is 0 Å². The molecule has 1 aliphatic rings. The zero-order chi connectivity index (χ0) is 36.4. The van der Waals surface area contributed by atoms with Gasteiger partial charge in [-0.2, -0.15) is 0 Å². The summed E-state index contributed by atoms with van der Waals surface area (Å²) in [6, 6.07) is 59.8. The Morgan fingerprint density at radius 3 is 1.47 bits per heavy atom. The molecule has 8 aromatic carbocycles. The third kappa shape index (κ3) is 4.45. The van der Waals surface area contributed by atoms with Crippen LogP contribution in [0.25, 0.3) is 75.2 Å². The van der Waals surface area contributed by atoms with Crippen molar-refractivity contribution in [3.05, 3.63) is 175 Å². The van der Waals surface area contributed by atoms with Gasteiger partial charge in [0.15, 0.2) is 11.5 Å². The summed E-state index contributed by atoms with van der Waals surface area (Å²) in [7, 11) is 0. The normalized spacial score (nSPS) is 12.7. The summed E-state index contributed by atoms with van der Waals surface area (Å²) in [5.74, 6) is 1.63. The van der Waals surface area contributed by atoms with Crippen LogP contribution in [-0.2, 0) is 0 Å². The molecule has 0 spiro atoms. The minimum atomic E-state index is 0.813. The van der Waals surface area contributed by atoms with Crippen LogP contribution in [0.3, 0.4) is 0 Å². The molecule has 0 bridgehead atoms. The Kier molecular flexibility index (Phi) is 6.32. The fraction of sp³-hybridized carbons (Fsp3) is 0.0400. The first kappa shape index (κ1) is 30.6. The second-order valence-corrected chi connectivity index (χ2v) is 15.9. The van der Waals surface area contributed by atoms with Crippen LogP contribution < -0.4 is 9.64 Å². The van der Waals surface area contributed by atoms with E-state index in [4.69, 9.17) is 4.74 Å². The van der Waals surface area contributed by atoms with Crippen LogP contribution in [0.5, 0.6) is 11.5 Å². The molecular formula is C50H33N3OS. The van der Waals surface area contributed by atoms with E-state index in [-0.39, 0.29) is 0 Å². The molecule has 4 heterocycles. The van der Waals surface area contributed by atoms with Crippen LogP contribution in [0.4, 0.5) is 17.1 Å². The summed E-state index contributed by atoms with van der Waals surface area (Å²) in [4.78, 5) is 2.37. The average Bonchev–Trinajstić information content (AvgIpc) is 3.86. The maximum atomic E-state index is 7.07. The van der Waals surface area contributed by atoms with E-state index in [0.29, 0.717) is 0 Å². The second kappa shape index (κ2) is 11.3. The lowest BCUT2D eigenvalue weighted by atomic mass is 10.1. The molecule has 0 fully saturated rings. The molecule has 0 saturated carbocycles. The molecule has 3 aromatic heterocycles. The molecule has 11 aromatic rings. The van der Waals surface area contributed by atoms with Crippen molar-refractivity contribution in [3.8, 4) is 22.9 Å². The Morgan fingerprint density at radius 2 is 0.873 bits per heavy atom. The number of nitrogens with zero attached hydrogens (tertiary/aromatic N) is 3. The highest BCUT2D eigenvalue weighted by molar-refractivity contribution is 7.25. The summed E-state index contributed by atoms with van der Waals surface area (Å²) in [5.41, 5.74) is 12.4. The summed E-state index contributed by atoms with van der Waals surface area (Å²) in [6.07, 6.45) is 0. The number of aryl methyl sites for hydroxylation is 2. The molecule has 0 amide bonds. The van der Waals surface area contributed by atoms with Crippen LogP contribution in [-0.4, -0.2) is 9.13 Å². The first-order valence-corrected chi connectivity index (χ1v) is 19.6. The molecule has 0 unspecified atom stereocenters. The zero-order valence-electron chi connectivity index (χ0n) is 30.2. The van der Waals surface area contributed by atoms with Gasteiger partial charge < -0.3 is 18.8 Å². The van der Waals surface area contributed by atoms with Gasteiger partial charge in [0, 0.05) is 59.5 Å². The predicted molar refractivity (Wildman–Crippen MR) is 232 cm³/mol. The summed E-state index contributed by atoms with van der Waals surface area (Å²) >= 11 is 1.85. The average molecular weight is 724 g/mol. The van der Waals surface area contributed by atoms with Gasteiger partial charge in [0.25, 0.3) is 0 Å². The summed E-state index contributed by atoms with van der Waals surface area (Å²) < 4.78 is 14.4. The minimum absolute atomic E-state index is 0.813. The number of thiophene rings is 1. The fourth-order valence-corrected chi connectivity index (χ4v) is 10.0. The topological polar surface area (TPSA) is 22.3 Å². The first-order valence-electron chi connectivity index (χ1n) is 18.8. The maximum absolute atomic E-state index is 7.07. The largest absolute Gasteiger partial charge is 0.453 e. The molecular weight excluding hydrogens is 691 g/mol. The van der Waals surface area contributed by atoms with E-state index in [9.17, 15) is 0 Å². The van der Waals surface area contributed by atoms with Gasteiger partial charge >= 0.3 is 0 Å². The molecule has 0 atom stereocenters. The smallest absolute Gasteiger partial charge is 0.153 e. The lowest BCUT2D eigenvalue weighted by Crippen LogP contribution is -2.16. The second-order valence-electron chi connectivity index (χ2n) is 14.8. The highest BCUT2D eigenvalue weighted by Gasteiger charge is 2.28. The van der Waals surface area contributed by atoms with Gasteiger partial charge in [-0.3, -0.25) is 0 Å². The molecule has 260 valence electrons. The third-order valence-electron chi connectivity index (χ3n) is 11.4. The number of rotatable bonds is 3. The zero-order valence-corrected chi connectivity index (χ0v) is 31.1. The Hall–Kier alpha value is -6.82. The van der Waals surface area contributed by atoms with Gasteiger partial charge in [0.2, 0.25) is 0 Å². The van der Waals surface area contributed by atoms with Gasteiger partial charge in [-0.1, -0.05) is 77.9 Å². The van der Waals surface area contributed by atoms with Gasteiger partial charge in [-0.25, -0.2) is 0 Å². The van der Waals surface area contributed by atoms with E-state index in [1.807, 2.05) is 11.3 Å². The van der Waals surface area contributed by atoms with Crippen LogP contribution in [0.15, 0.2) is 164 Å². The van der Waals surface area contributed by atoms with Crippen molar-refractivity contribution in [2.75, 3.05) is 4.90 Å². The number of anilines is 3. The Morgan fingerprint density at radius 1 is 0.382 bits per heavy atom. The number of fused-ring (bicyclic) bond motifs is 11. The van der Waals surface area contributed by atoms with Crippen LogP contribution in [0.2, 0.25) is 0 Å². The number of aromatic nitrogens is 2. The van der Waals surface area contributed by atoms with Crippen molar-refractivity contribution in [2.24, 2.45) is 0 Å². The van der Waals surface area contributed by atoms with Crippen LogP contribution in [0.1, 0.15) is 11.1 Å². The van der Waals surface area contributed by atoms with Gasteiger partial charge in [0.05, 0.1) is 44.8 Å². The van der Waals surface area contributed by atoms with Crippen molar-refractivity contribution in [3.63, 3.8) is 0 Å². The molecule has 1 aliphatic heterocycles. The number of hydrogen-bond donors (Lipinski definition) is 0. The monoisotopic (exact) mass is 723 g/mol. The van der Waals surface area contributed by atoms with Crippen molar-refractivity contribution < 1.29 is 4.74 Å². The third-order valence-corrected chi connectivity index (χ3v) is 12.5. The van der Waals surface area contributed by atoms with Gasteiger partial charge in [-0.05, 0) is 98.8 Å². The van der Waals surface area contributed by atoms with E-state index in [2.05, 4.69) is 192 Å². The van der Waals surface area contributed by atoms with E-state index >= 15 is 0 Å². The van der Waals surface area contributed by atoms with Gasteiger partial charge in [0.1, 0.15) is 0 Å². The molecule has 4 nitrogen and oxygen atoms in total. The number of ether oxygens (including phenoxy) is 1. The first-order chi connectivity index (χ1) is 27.1. The number of benzene rings is 8. The van der Waals surface area contributed by atoms with E-state index in [0.717, 1.165) is 39.9 Å². The van der Waals surface area contributed by atoms with Crippen LogP contribution >= 0.6 is 11.3 Å². The maximum Gasteiger partial charge on any atom is 0.153 e. The van der Waals surface area contributed by atoms with Crippen molar-refractivity contribution in [2.45, 2.75) is 13.8 Å². The quantitative estimate of drug-likeness (QED) is 0.181. The molecule has 0 radical (unpaired) electrons.